The number of rotatable bonds is 4. The van der Waals surface area contributed by atoms with E-state index in [0.717, 1.165) is 39.7 Å². The maximum Gasteiger partial charge on any atom is 0.253 e. The predicted molar refractivity (Wildman–Crippen MR) is 126 cm³/mol. The predicted octanol–water partition coefficient (Wildman–Crippen LogP) is 3.84. The van der Waals surface area contributed by atoms with Gasteiger partial charge in [0, 0.05) is 50.2 Å². The topological polar surface area (TPSA) is 62.7 Å². The van der Waals surface area contributed by atoms with E-state index in [1.165, 1.54) is 7.11 Å². The van der Waals surface area contributed by atoms with Gasteiger partial charge in [-0.1, -0.05) is 18.2 Å². The Labute approximate surface area is 188 Å². The van der Waals surface area contributed by atoms with Gasteiger partial charge in [-0.05, 0) is 72.5 Å². The molecule has 0 atom stereocenters. The van der Waals surface area contributed by atoms with Crippen molar-refractivity contribution in [3.8, 4) is 11.1 Å². The van der Waals surface area contributed by atoms with Crippen molar-refractivity contribution < 1.29 is 14.3 Å². The van der Waals surface area contributed by atoms with E-state index in [4.69, 9.17) is 4.74 Å². The van der Waals surface area contributed by atoms with Crippen LogP contribution in [0.2, 0.25) is 0 Å². The van der Waals surface area contributed by atoms with Crippen molar-refractivity contribution >= 4 is 22.6 Å². The zero-order valence-electron chi connectivity index (χ0n) is 18.9. The van der Waals surface area contributed by atoms with Crippen molar-refractivity contribution in [2.75, 3.05) is 39.9 Å². The van der Waals surface area contributed by atoms with Gasteiger partial charge in [-0.15, -0.1) is 0 Å². The Morgan fingerprint density at radius 3 is 2.25 bits per heavy atom. The smallest absolute Gasteiger partial charge is 0.253 e. The van der Waals surface area contributed by atoms with E-state index < -0.39 is 0 Å². The molecule has 1 fully saturated rings. The lowest BCUT2D eigenvalue weighted by Gasteiger charge is -2.22. The van der Waals surface area contributed by atoms with Crippen LogP contribution in [-0.4, -0.2) is 66.5 Å². The van der Waals surface area contributed by atoms with Gasteiger partial charge in [0.2, 0.25) is 5.91 Å². The Balaban J connectivity index is 1.52. The number of aromatic nitrogens is 1. The number of hydrogen-bond donors (Lipinski definition) is 0. The van der Waals surface area contributed by atoms with Crippen molar-refractivity contribution in [2.45, 2.75) is 20.3 Å². The van der Waals surface area contributed by atoms with Crippen LogP contribution < -0.4 is 0 Å². The molecule has 2 aromatic carbocycles. The lowest BCUT2D eigenvalue weighted by atomic mass is 9.99. The number of carbonyl (C=O) groups is 2. The SMILES string of the molecule is COCC(=O)N1CCCN(C(=O)c2ccc3cc(-c4cc(C)nc(C)c4)ccc3c2)CC1. The summed E-state index contributed by atoms with van der Waals surface area (Å²) in [7, 11) is 1.52. The lowest BCUT2D eigenvalue weighted by Crippen LogP contribution is -2.38. The van der Waals surface area contributed by atoms with Crippen LogP contribution in [-0.2, 0) is 9.53 Å². The van der Waals surface area contributed by atoms with Crippen molar-refractivity contribution in [2.24, 2.45) is 0 Å². The van der Waals surface area contributed by atoms with Crippen LogP contribution in [0.25, 0.3) is 21.9 Å². The Morgan fingerprint density at radius 2 is 1.50 bits per heavy atom. The molecule has 166 valence electrons. The quantitative estimate of drug-likeness (QED) is 0.630. The molecular formula is C26H29N3O3. The van der Waals surface area contributed by atoms with Gasteiger partial charge in [-0.3, -0.25) is 14.6 Å². The fraction of sp³-hybridized carbons (Fsp3) is 0.346. The minimum absolute atomic E-state index is 0.0115. The molecule has 2 heterocycles. The van der Waals surface area contributed by atoms with Crippen molar-refractivity contribution in [3.05, 3.63) is 65.5 Å². The highest BCUT2D eigenvalue weighted by molar-refractivity contribution is 5.99. The van der Waals surface area contributed by atoms with E-state index in [1.54, 1.807) is 4.90 Å². The molecule has 6 heteroatoms. The second kappa shape index (κ2) is 9.49. The molecule has 0 aliphatic carbocycles. The minimum atomic E-state index is -0.0251. The van der Waals surface area contributed by atoms with Gasteiger partial charge in [0.25, 0.3) is 5.91 Å². The number of fused-ring (bicyclic) bond motifs is 1. The lowest BCUT2D eigenvalue weighted by molar-refractivity contribution is -0.135. The van der Waals surface area contributed by atoms with Gasteiger partial charge >= 0.3 is 0 Å². The standard InChI is InChI=1S/C26H29N3O3/c1-18-13-24(14-19(2)27-18)22-6-5-21-16-23(8-7-20(21)15-22)26(31)29-10-4-9-28(11-12-29)25(30)17-32-3/h5-8,13-16H,4,9-12,17H2,1-3H3. The molecule has 1 saturated heterocycles. The fourth-order valence-electron chi connectivity index (χ4n) is 4.33. The second-order valence-electron chi connectivity index (χ2n) is 8.37. The molecule has 2 amide bonds. The Bertz CT molecular complexity index is 1140. The summed E-state index contributed by atoms with van der Waals surface area (Å²) < 4.78 is 4.96. The Morgan fingerprint density at radius 1 is 0.844 bits per heavy atom. The largest absolute Gasteiger partial charge is 0.375 e. The number of carbonyl (C=O) groups excluding carboxylic acids is 2. The van der Waals surface area contributed by atoms with Gasteiger partial charge in [0.1, 0.15) is 6.61 Å². The number of aryl methyl sites for hydroxylation is 2. The highest BCUT2D eigenvalue weighted by Crippen LogP contribution is 2.26. The molecular weight excluding hydrogens is 402 g/mol. The summed E-state index contributed by atoms with van der Waals surface area (Å²) in [6.45, 7) is 6.46. The van der Waals surface area contributed by atoms with Crippen molar-refractivity contribution in [3.63, 3.8) is 0 Å². The normalized spacial score (nSPS) is 14.5. The molecule has 0 bridgehead atoms. The van der Waals surface area contributed by atoms with Crippen LogP contribution >= 0.6 is 0 Å². The van der Waals surface area contributed by atoms with Crippen LogP contribution in [0.3, 0.4) is 0 Å². The van der Waals surface area contributed by atoms with E-state index in [1.807, 2.05) is 36.9 Å². The molecule has 32 heavy (non-hydrogen) atoms. The number of pyridine rings is 1. The number of amides is 2. The number of benzene rings is 2. The first kappa shape index (κ1) is 22.0. The van der Waals surface area contributed by atoms with Gasteiger partial charge < -0.3 is 14.5 Å². The van der Waals surface area contributed by atoms with Gasteiger partial charge in [0.05, 0.1) is 0 Å². The minimum Gasteiger partial charge on any atom is -0.375 e. The van der Waals surface area contributed by atoms with Gasteiger partial charge in [0.15, 0.2) is 0 Å². The molecule has 0 saturated carbocycles. The van der Waals surface area contributed by atoms with E-state index in [-0.39, 0.29) is 18.4 Å². The van der Waals surface area contributed by atoms with Crippen LogP contribution in [0.1, 0.15) is 28.2 Å². The molecule has 0 spiro atoms. The summed E-state index contributed by atoms with van der Waals surface area (Å²) in [6, 6.07) is 16.4. The van der Waals surface area contributed by atoms with Gasteiger partial charge in [-0.2, -0.15) is 0 Å². The molecule has 6 nitrogen and oxygen atoms in total. The first-order chi connectivity index (χ1) is 15.4. The number of nitrogens with zero attached hydrogens (tertiary/aromatic N) is 3. The van der Waals surface area contributed by atoms with E-state index in [2.05, 4.69) is 35.3 Å². The summed E-state index contributed by atoms with van der Waals surface area (Å²) >= 11 is 0. The molecule has 1 aliphatic rings. The zero-order valence-corrected chi connectivity index (χ0v) is 18.9. The first-order valence-electron chi connectivity index (χ1n) is 11.0. The molecule has 1 aliphatic heterocycles. The highest BCUT2D eigenvalue weighted by atomic mass is 16.5. The maximum atomic E-state index is 13.2. The third kappa shape index (κ3) is 4.81. The van der Waals surface area contributed by atoms with E-state index in [0.29, 0.717) is 31.7 Å². The van der Waals surface area contributed by atoms with Crippen LogP contribution in [0, 0.1) is 13.8 Å². The van der Waals surface area contributed by atoms with E-state index in [9.17, 15) is 9.59 Å². The van der Waals surface area contributed by atoms with E-state index >= 15 is 0 Å². The third-order valence-corrected chi connectivity index (χ3v) is 5.91. The average molecular weight is 432 g/mol. The molecule has 0 N–H and O–H groups in total. The van der Waals surface area contributed by atoms with Crippen molar-refractivity contribution in [1.82, 2.24) is 14.8 Å². The highest BCUT2D eigenvalue weighted by Gasteiger charge is 2.22. The first-order valence-corrected chi connectivity index (χ1v) is 11.0. The summed E-state index contributed by atoms with van der Waals surface area (Å²) in [5, 5.41) is 2.13. The van der Waals surface area contributed by atoms with Crippen LogP contribution in [0.4, 0.5) is 0 Å². The van der Waals surface area contributed by atoms with Crippen LogP contribution in [0.5, 0.6) is 0 Å². The second-order valence-corrected chi connectivity index (χ2v) is 8.37. The molecule has 4 rings (SSSR count). The summed E-state index contributed by atoms with van der Waals surface area (Å²) in [6.07, 6.45) is 0.767. The summed E-state index contributed by atoms with van der Waals surface area (Å²) in [4.78, 5) is 33.3. The summed E-state index contributed by atoms with van der Waals surface area (Å²) in [5.74, 6) is -0.0136. The molecule has 1 aromatic heterocycles. The summed E-state index contributed by atoms with van der Waals surface area (Å²) in [5.41, 5.74) is 4.96. The Hall–Kier alpha value is -3.25. The third-order valence-electron chi connectivity index (χ3n) is 5.91. The zero-order chi connectivity index (χ0) is 22.7. The number of hydrogen-bond acceptors (Lipinski definition) is 4. The Kier molecular flexibility index (Phi) is 6.51. The van der Waals surface area contributed by atoms with Crippen LogP contribution in [0.15, 0.2) is 48.5 Å². The molecule has 3 aromatic rings. The average Bonchev–Trinajstić information content (AvgIpc) is 3.04. The van der Waals surface area contributed by atoms with Crippen molar-refractivity contribution in [1.29, 1.82) is 0 Å². The maximum absolute atomic E-state index is 13.2. The number of methoxy groups -OCH3 is 1. The molecule has 0 unspecified atom stereocenters. The number of ether oxygens (including phenoxy) is 1. The fourth-order valence-corrected chi connectivity index (χ4v) is 4.33. The van der Waals surface area contributed by atoms with Gasteiger partial charge in [-0.25, -0.2) is 0 Å². The monoisotopic (exact) mass is 431 g/mol. The molecule has 0 radical (unpaired) electrons.